The van der Waals surface area contributed by atoms with Crippen LogP contribution in [0.3, 0.4) is 0 Å². The quantitative estimate of drug-likeness (QED) is 0.368. The smallest absolute Gasteiger partial charge is 0.811 e. The monoisotopic (exact) mass is 278 g/mol. The van der Waals surface area contributed by atoms with Gasteiger partial charge in [0.05, 0.1) is 0 Å². The molecule has 0 aliphatic heterocycles. The molecule has 3 nitrogen and oxygen atoms in total. The van der Waals surface area contributed by atoms with Gasteiger partial charge >= 0.3 is 16.5 Å². The van der Waals surface area contributed by atoms with Crippen molar-refractivity contribution in [2.45, 2.75) is 58.3 Å². The van der Waals surface area contributed by atoms with Gasteiger partial charge in [0.2, 0.25) is 0 Å². The molecule has 0 aromatic rings. The summed E-state index contributed by atoms with van der Waals surface area (Å²) in [5, 5.41) is 0. The van der Waals surface area contributed by atoms with Crippen LogP contribution in [0.2, 0.25) is 0 Å². The molecule has 0 aromatic heterocycles. The molecule has 0 rings (SSSR count). The van der Waals surface area contributed by atoms with Crippen molar-refractivity contribution in [1.82, 2.24) is 0 Å². The van der Waals surface area contributed by atoms with Crippen LogP contribution in [-0.2, 0) is 21.1 Å². The van der Waals surface area contributed by atoms with E-state index < -0.39 is 7.60 Å². The summed E-state index contributed by atoms with van der Waals surface area (Å²) in [6, 6.07) is 0. The molecule has 0 spiro atoms. The van der Waals surface area contributed by atoms with Crippen molar-refractivity contribution in [3.05, 3.63) is 0 Å². The molecule has 0 radical (unpaired) electrons. The molecule has 0 amide bonds. The topological polar surface area (TPSA) is 63.2 Å². The second-order valence-corrected chi connectivity index (χ2v) is 5.48. The summed E-state index contributed by atoms with van der Waals surface area (Å²) >= 11 is 0. The molecule has 0 heterocycles. The summed E-state index contributed by atoms with van der Waals surface area (Å²) in [6.45, 7) is 2.18. The Labute approximate surface area is 103 Å². The van der Waals surface area contributed by atoms with Crippen molar-refractivity contribution in [3.63, 3.8) is 0 Å². The predicted molar refractivity (Wildman–Crippen MR) is 55.1 cm³/mol. The van der Waals surface area contributed by atoms with E-state index >= 15 is 0 Å². The molecule has 0 atom stereocenters. The number of rotatable bonds is 9. The van der Waals surface area contributed by atoms with Gasteiger partial charge in [-0.05, 0) is 12.6 Å². The molecule has 0 fully saturated rings. The first-order valence-corrected chi connectivity index (χ1v) is 7.30. The third kappa shape index (κ3) is 17.3. The van der Waals surface area contributed by atoms with E-state index in [1.807, 2.05) is 0 Å². The standard InChI is InChI=1S/C10H23O3P.Ni/c1-2-3-4-5-6-7-8-9-10-14(11,12)13;/h2-10H2,1H3,(H2,11,12,13);/q;+2/p-2. The van der Waals surface area contributed by atoms with Gasteiger partial charge in [-0.25, -0.2) is 0 Å². The van der Waals surface area contributed by atoms with Crippen molar-refractivity contribution < 1.29 is 30.8 Å². The van der Waals surface area contributed by atoms with E-state index in [0.717, 1.165) is 12.8 Å². The number of hydrogen-bond donors (Lipinski definition) is 0. The minimum atomic E-state index is -4.23. The maximum Gasteiger partial charge on any atom is 2.00 e. The Kier molecular flexibility index (Phi) is 13.4. The van der Waals surface area contributed by atoms with Crippen molar-refractivity contribution in [1.29, 1.82) is 0 Å². The van der Waals surface area contributed by atoms with E-state index in [0.29, 0.717) is 6.42 Å². The molecule has 94 valence electrons. The van der Waals surface area contributed by atoms with Crippen LogP contribution in [0.15, 0.2) is 0 Å². The predicted octanol–water partition coefficient (Wildman–Crippen LogP) is 2.04. The Morgan fingerprint density at radius 3 is 1.67 bits per heavy atom. The molecule has 5 heteroatoms. The molecule has 0 aromatic carbocycles. The Hall–Kier alpha value is 0.644. The molecule has 0 aliphatic rings. The maximum atomic E-state index is 10.3. The van der Waals surface area contributed by atoms with E-state index in [-0.39, 0.29) is 22.7 Å². The molecule has 0 saturated heterocycles. The van der Waals surface area contributed by atoms with Crippen LogP contribution in [0.5, 0.6) is 0 Å². The zero-order valence-electron chi connectivity index (χ0n) is 9.35. The first-order chi connectivity index (χ1) is 6.56. The molecule has 0 aliphatic carbocycles. The molecular weight excluding hydrogens is 258 g/mol. The fraction of sp³-hybridized carbons (Fsp3) is 1.00. The fourth-order valence-corrected chi connectivity index (χ4v) is 2.05. The summed E-state index contributed by atoms with van der Waals surface area (Å²) in [5.74, 6) is 0. The molecule has 0 bridgehead atoms. The summed E-state index contributed by atoms with van der Waals surface area (Å²) in [6.07, 6.45) is 8.52. The zero-order chi connectivity index (χ0) is 10.9. The van der Waals surface area contributed by atoms with Crippen molar-refractivity contribution in [2.24, 2.45) is 0 Å². The van der Waals surface area contributed by atoms with Crippen LogP contribution in [0.4, 0.5) is 0 Å². The number of hydrogen-bond acceptors (Lipinski definition) is 3. The first-order valence-electron chi connectivity index (χ1n) is 5.57. The van der Waals surface area contributed by atoms with Crippen LogP contribution in [0, 0.1) is 0 Å². The third-order valence-corrected chi connectivity index (χ3v) is 3.15. The zero-order valence-corrected chi connectivity index (χ0v) is 11.2. The van der Waals surface area contributed by atoms with Gasteiger partial charge in [-0.3, -0.25) is 0 Å². The average molecular weight is 279 g/mol. The van der Waals surface area contributed by atoms with Gasteiger partial charge in [-0.15, -0.1) is 0 Å². The van der Waals surface area contributed by atoms with Crippen molar-refractivity contribution in [3.8, 4) is 0 Å². The molecule has 0 N–H and O–H groups in total. The van der Waals surface area contributed by atoms with Gasteiger partial charge in [0, 0.05) is 0 Å². The van der Waals surface area contributed by atoms with Gasteiger partial charge in [0.25, 0.3) is 0 Å². The Morgan fingerprint density at radius 2 is 1.27 bits per heavy atom. The van der Waals surface area contributed by atoms with Gasteiger partial charge in [-0.2, -0.15) is 0 Å². The van der Waals surface area contributed by atoms with Gasteiger partial charge in [0.15, 0.2) is 0 Å². The summed E-state index contributed by atoms with van der Waals surface area (Å²) in [5.41, 5.74) is 0. The normalized spacial score (nSPS) is 11.1. The van der Waals surface area contributed by atoms with Crippen LogP contribution in [-0.4, -0.2) is 6.16 Å². The summed E-state index contributed by atoms with van der Waals surface area (Å²) in [7, 11) is -4.23. The van der Waals surface area contributed by atoms with Gasteiger partial charge in [-0.1, -0.05) is 59.5 Å². The summed E-state index contributed by atoms with van der Waals surface area (Å²) < 4.78 is 10.3. The van der Waals surface area contributed by atoms with E-state index in [4.69, 9.17) is 0 Å². The van der Waals surface area contributed by atoms with Crippen LogP contribution in [0.25, 0.3) is 0 Å². The van der Waals surface area contributed by atoms with Crippen LogP contribution in [0.1, 0.15) is 58.3 Å². The van der Waals surface area contributed by atoms with Crippen molar-refractivity contribution in [2.75, 3.05) is 6.16 Å². The minimum Gasteiger partial charge on any atom is -0.811 e. The van der Waals surface area contributed by atoms with Crippen LogP contribution >= 0.6 is 7.60 Å². The van der Waals surface area contributed by atoms with E-state index in [1.54, 1.807) is 0 Å². The van der Waals surface area contributed by atoms with Crippen LogP contribution < -0.4 is 9.79 Å². The van der Waals surface area contributed by atoms with E-state index in [2.05, 4.69) is 6.92 Å². The average Bonchev–Trinajstić information content (AvgIpc) is 2.08. The number of unbranched alkanes of at least 4 members (excludes halogenated alkanes) is 7. The van der Waals surface area contributed by atoms with E-state index in [1.165, 1.54) is 32.1 Å². The maximum absolute atomic E-state index is 10.3. The first kappa shape index (κ1) is 18.0. The second kappa shape index (κ2) is 11.1. The molecule has 0 saturated carbocycles. The van der Waals surface area contributed by atoms with E-state index in [9.17, 15) is 14.4 Å². The Bertz CT molecular complexity index is 170. The summed E-state index contributed by atoms with van der Waals surface area (Å²) in [4.78, 5) is 20.6. The molecule has 15 heavy (non-hydrogen) atoms. The van der Waals surface area contributed by atoms with Crippen molar-refractivity contribution >= 4 is 7.60 Å². The Balaban J connectivity index is 0. The fourth-order valence-electron chi connectivity index (χ4n) is 1.44. The largest absolute Gasteiger partial charge is 2.00 e. The second-order valence-electron chi connectivity index (χ2n) is 3.81. The Morgan fingerprint density at radius 1 is 0.867 bits per heavy atom. The third-order valence-electron chi connectivity index (χ3n) is 2.29. The van der Waals surface area contributed by atoms with Gasteiger partial charge in [0.1, 0.15) is 0 Å². The SMILES string of the molecule is CCCCCCCCCCP(=O)([O-])[O-].[Ni+2]. The molecular formula is C10H21NiO3P. The minimum absolute atomic E-state index is 0. The van der Waals surface area contributed by atoms with Gasteiger partial charge < -0.3 is 14.4 Å². The molecule has 0 unspecified atom stereocenters.